The topological polar surface area (TPSA) is 99.6 Å². The third-order valence-electron chi connectivity index (χ3n) is 4.64. The fourth-order valence-corrected chi connectivity index (χ4v) is 3.24. The summed E-state index contributed by atoms with van der Waals surface area (Å²) >= 11 is 0. The minimum absolute atomic E-state index is 0.316. The number of benzene rings is 1. The van der Waals surface area contributed by atoms with E-state index in [1.54, 1.807) is 49.5 Å². The molecule has 0 bridgehead atoms. The number of amides is 2. The molecular weight excluding hydrogens is 346 g/mol. The van der Waals surface area contributed by atoms with Crippen molar-refractivity contribution in [2.45, 2.75) is 32.2 Å². The lowest BCUT2D eigenvalue weighted by Gasteiger charge is -2.33. The first kappa shape index (κ1) is 18.6. The number of nitrogens with zero attached hydrogens (tertiary/aromatic N) is 2. The summed E-state index contributed by atoms with van der Waals surface area (Å²) < 4.78 is 0. The molecule has 1 aromatic heterocycles. The van der Waals surface area contributed by atoms with Crippen molar-refractivity contribution < 1.29 is 19.5 Å². The van der Waals surface area contributed by atoms with E-state index in [4.69, 9.17) is 0 Å². The molecule has 1 saturated heterocycles. The number of carboxylic acid groups (broad SMARTS) is 1. The van der Waals surface area contributed by atoms with Gasteiger partial charge in [-0.05, 0) is 56.0 Å². The Morgan fingerprint density at radius 1 is 1.19 bits per heavy atom. The predicted octanol–water partition coefficient (Wildman–Crippen LogP) is 2.72. The van der Waals surface area contributed by atoms with Crippen LogP contribution in [0.3, 0.4) is 0 Å². The van der Waals surface area contributed by atoms with Gasteiger partial charge < -0.3 is 15.3 Å². The zero-order valence-electron chi connectivity index (χ0n) is 15.0. The van der Waals surface area contributed by atoms with Gasteiger partial charge in [0.05, 0.1) is 0 Å². The van der Waals surface area contributed by atoms with Gasteiger partial charge in [0.1, 0.15) is 11.7 Å². The number of carboxylic acids is 1. The molecule has 7 nitrogen and oxygen atoms in total. The van der Waals surface area contributed by atoms with E-state index in [1.807, 2.05) is 0 Å². The number of rotatable bonds is 4. The first-order valence-electron chi connectivity index (χ1n) is 8.84. The van der Waals surface area contributed by atoms with Crippen molar-refractivity contribution >= 4 is 23.5 Å². The van der Waals surface area contributed by atoms with E-state index in [9.17, 15) is 19.5 Å². The van der Waals surface area contributed by atoms with Gasteiger partial charge in [0.2, 0.25) is 0 Å². The van der Waals surface area contributed by atoms with Crippen molar-refractivity contribution in [1.29, 1.82) is 0 Å². The van der Waals surface area contributed by atoms with Crippen LogP contribution in [0.2, 0.25) is 0 Å². The summed E-state index contributed by atoms with van der Waals surface area (Å²) in [6, 6.07) is 9.27. The number of hydrogen-bond donors (Lipinski definition) is 2. The molecule has 7 heteroatoms. The Morgan fingerprint density at radius 2 is 2.00 bits per heavy atom. The molecule has 3 rings (SSSR count). The highest BCUT2D eigenvalue weighted by molar-refractivity contribution is 6.05. The highest BCUT2D eigenvalue weighted by atomic mass is 16.4. The van der Waals surface area contributed by atoms with Gasteiger partial charge in [-0.25, -0.2) is 4.79 Å². The molecule has 2 aromatic rings. The molecule has 2 amide bonds. The van der Waals surface area contributed by atoms with Crippen LogP contribution in [-0.2, 0) is 4.79 Å². The zero-order valence-corrected chi connectivity index (χ0v) is 15.0. The van der Waals surface area contributed by atoms with Crippen molar-refractivity contribution in [3.63, 3.8) is 0 Å². The van der Waals surface area contributed by atoms with Crippen LogP contribution in [0.15, 0.2) is 42.6 Å². The molecule has 1 unspecified atom stereocenters. The number of aromatic nitrogens is 1. The molecule has 1 atom stereocenters. The van der Waals surface area contributed by atoms with Crippen LogP contribution in [0.4, 0.5) is 5.69 Å². The van der Waals surface area contributed by atoms with Crippen LogP contribution >= 0.6 is 0 Å². The third-order valence-corrected chi connectivity index (χ3v) is 4.64. The fraction of sp³-hybridized carbons (Fsp3) is 0.300. The summed E-state index contributed by atoms with van der Waals surface area (Å²) in [4.78, 5) is 42.2. The Hall–Kier alpha value is -3.22. The van der Waals surface area contributed by atoms with E-state index in [-0.39, 0.29) is 11.8 Å². The summed E-state index contributed by atoms with van der Waals surface area (Å²) in [5, 5.41) is 12.1. The van der Waals surface area contributed by atoms with Gasteiger partial charge in [0.15, 0.2) is 0 Å². The second-order valence-electron chi connectivity index (χ2n) is 6.55. The zero-order chi connectivity index (χ0) is 19.4. The molecule has 140 valence electrons. The van der Waals surface area contributed by atoms with E-state index in [0.717, 1.165) is 18.4 Å². The van der Waals surface area contributed by atoms with E-state index in [1.165, 1.54) is 4.90 Å². The number of aliphatic carboxylic acids is 1. The molecule has 1 aliphatic rings. The molecule has 0 radical (unpaired) electrons. The summed E-state index contributed by atoms with van der Waals surface area (Å²) in [6.07, 6.45) is 3.58. The van der Waals surface area contributed by atoms with Gasteiger partial charge in [-0.2, -0.15) is 0 Å². The summed E-state index contributed by atoms with van der Waals surface area (Å²) in [7, 11) is 0. The van der Waals surface area contributed by atoms with Crippen LogP contribution in [-0.4, -0.2) is 45.4 Å². The molecule has 2 N–H and O–H groups in total. The number of hydrogen-bond acceptors (Lipinski definition) is 4. The van der Waals surface area contributed by atoms with E-state index in [2.05, 4.69) is 10.3 Å². The Bertz CT molecular complexity index is 881. The van der Waals surface area contributed by atoms with Gasteiger partial charge in [-0.3, -0.25) is 14.6 Å². The standard InChI is InChI=1S/C20H21N3O4/c1-13-6-5-10-21-17(13)18(24)22-15-8-4-7-14(12-15)19(25)23-11-3-2-9-16(23)20(26)27/h4-8,10,12,16H,2-3,9,11H2,1H3,(H,22,24)(H,26,27). The Morgan fingerprint density at radius 3 is 2.74 bits per heavy atom. The van der Waals surface area contributed by atoms with Crippen LogP contribution in [0.25, 0.3) is 0 Å². The Balaban J connectivity index is 1.79. The summed E-state index contributed by atoms with van der Waals surface area (Å²) in [6.45, 7) is 2.21. The maximum absolute atomic E-state index is 12.8. The van der Waals surface area contributed by atoms with Gasteiger partial charge >= 0.3 is 5.97 Å². The number of piperidine rings is 1. The Kier molecular flexibility index (Phi) is 5.49. The van der Waals surface area contributed by atoms with E-state index < -0.39 is 12.0 Å². The molecule has 1 aliphatic heterocycles. The van der Waals surface area contributed by atoms with Gasteiger partial charge in [0, 0.05) is 24.0 Å². The van der Waals surface area contributed by atoms with Crippen molar-refractivity contribution in [3.05, 3.63) is 59.4 Å². The maximum atomic E-state index is 12.8. The van der Waals surface area contributed by atoms with Crippen LogP contribution < -0.4 is 5.32 Å². The number of carbonyl (C=O) groups is 3. The quantitative estimate of drug-likeness (QED) is 0.865. The number of nitrogens with one attached hydrogen (secondary N) is 1. The molecular formula is C20H21N3O4. The first-order valence-corrected chi connectivity index (χ1v) is 8.84. The van der Waals surface area contributed by atoms with Crippen molar-refractivity contribution in [2.24, 2.45) is 0 Å². The lowest BCUT2D eigenvalue weighted by atomic mass is 10.0. The third kappa shape index (κ3) is 4.13. The minimum Gasteiger partial charge on any atom is -0.480 e. The van der Waals surface area contributed by atoms with Gasteiger partial charge in [0.25, 0.3) is 11.8 Å². The monoisotopic (exact) mass is 367 g/mol. The van der Waals surface area contributed by atoms with Gasteiger partial charge in [-0.15, -0.1) is 0 Å². The molecule has 27 heavy (non-hydrogen) atoms. The predicted molar refractivity (Wildman–Crippen MR) is 99.7 cm³/mol. The smallest absolute Gasteiger partial charge is 0.326 e. The van der Waals surface area contributed by atoms with Crippen molar-refractivity contribution in [3.8, 4) is 0 Å². The SMILES string of the molecule is Cc1cccnc1C(=O)Nc1cccc(C(=O)N2CCCCC2C(=O)O)c1. The summed E-state index contributed by atoms with van der Waals surface area (Å²) in [5.41, 5.74) is 1.87. The van der Waals surface area contributed by atoms with Gasteiger partial charge in [-0.1, -0.05) is 12.1 Å². The summed E-state index contributed by atoms with van der Waals surface area (Å²) in [5.74, 6) is -1.69. The number of anilines is 1. The second kappa shape index (κ2) is 7.99. The van der Waals surface area contributed by atoms with Crippen molar-refractivity contribution in [1.82, 2.24) is 9.88 Å². The Labute approximate surface area is 157 Å². The average Bonchev–Trinajstić information content (AvgIpc) is 2.68. The number of likely N-dealkylation sites (tertiary alicyclic amines) is 1. The highest BCUT2D eigenvalue weighted by Crippen LogP contribution is 2.21. The highest BCUT2D eigenvalue weighted by Gasteiger charge is 2.32. The van der Waals surface area contributed by atoms with E-state index >= 15 is 0 Å². The normalized spacial score (nSPS) is 16.6. The number of pyridine rings is 1. The van der Waals surface area contributed by atoms with Crippen LogP contribution in [0, 0.1) is 6.92 Å². The second-order valence-corrected chi connectivity index (χ2v) is 6.55. The molecule has 1 aromatic carbocycles. The van der Waals surface area contributed by atoms with Crippen molar-refractivity contribution in [2.75, 3.05) is 11.9 Å². The van der Waals surface area contributed by atoms with E-state index in [0.29, 0.717) is 29.9 Å². The minimum atomic E-state index is -0.988. The molecule has 0 aliphatic carbocycles. The molecule has 0 saturated carbocycles. The lowest BCUT2D eigenvalue weighted by molar-refractivity contribution is -0.143. The molecule has 2 heterocycles. The average molecular weight is 367 g/mol. The molecule has 0 spiro atoms. The number of aryl methyl sites for hydroxylation is 1. The molecule has 1 fully saturated rings. The maximum Gasteiger partial charge on any atom is 0.326 e. The first-order chi connectivity index (χ1) is 13.0. The number of carbonyl (C=O) groups excluding carboxylic acids is 2. The van der Waals surface area contributed by atoms with Crippen LogP contribution in [0.5, 0.6) is 0 Å². The largest absolute Gasteiger partial charge is 0.480 e. The fourth-order valence-electron chi connectivity index (χ4n) is 3.24. The van der Waals surface area contributed by atoms with Crippen LogP contribution in [0.1, 0.15) is 45.7 Å². The lowest BCUT2D eigenvalue weighted by Crippen LogP contribution is -2.48.